The molecule has 0 atom stereocenters. The Morgan fingerprint density at radius 1 is 1.30 bits per heavy atom. The van der Waals surface area contributed by atoms with E-state index in [1.807, 2.05) is 38.1 Å². The molecule has 3 N–H and O–H groups in total. The minimum absolute atomic E-state index is 0.102. The molecule has 0 radical (unpaired) electrons. The maximum Gasteiger partial charge on any atom is 0.230 e. The Kier molecular flexibility index (Phi) is 4.07. The summed E-state index contributed by atoms with van der Waals surface area (Å²) in [6.45, 7) is 6.96. The van der Waals surface area contributed by atoms with E-state index in [2.05, 4.69) is 12.2 Å². The van der Waals surface area contributed by atoms with E-state index in [0.717, 1.165) is 17.8 Å². The number of nitrogens with one attached hydrogen (secondary N) is 1. The summed E-state index contributed by atoms with van der Waals surface area (Å²) >= 11 is 0. The third kappa shape index (κ3) is 3.14. The van der Waals surface area contributed by atoms with Crippen LogP contribution in [-0.4, -0.2) is 12.5 Å². The average molecular weight is 274 g/mol. The summed E-state index contributed by atoms with van der Waals surface area (Å²) in [6, 6.07) is 7.58. The average Bonchev–Trinajstić information content (AvgIpc) is 3.17. The van der Waals surface area contributed by atoms with Gasteiger partial charge in [-0.1, -0.05) is 25.5 Å². The van der Waals surface area contributed by atoms with Crippen molar-refractivity contribution < 1.29 is 4.79 Å². The van der Waals surface area contributed by atoms with Crippen molar-refractivity contribution in [1.29, 1.82) is 0 Å². The summed E-state index contributed by atoms with van der Waals surface area (Å²) in [6.07, 6.45) is 4.92. The number of hydrogen-bond acceptors (Lipinski definition) is 2. The van der Waals surface area contributed by atoms with Crippen LogP contribution in [0.25, 0.3) is 0 Å². The summed E-state index contributed by atoms with van der Waals surface area (Å²) < 4.78 is 0. The number of amides is 1. The summed E-state index contributed by atoms with van der Waals surface area (Å²) in [5.41, 5.74) is 7.31. The molecule has 0 aliphatic heterocycles. The normalized spacial score (nSPS) is 16.8. The van der Waals surface area contributed by atoms with Crippen LogP contribution in [0.3, 0.4) is 0 Å². The molecule has 0 saturated heterocycles. The van der Waals surface area contributed by atoms with Gasteiger partial charge in [-0.2, -0.15) is 0 Å². The third-order valence-electron chi connectivity index (χ3n) is 4.56. The summed E-state index contributed by atoms with van der Waals surface area (Å²) in [4.78, 5) is 12.5. The molecule has 0 bridgehead atoms. The van der Waals surface area contributed by atoms with Crippen molar-refractivity contribution in [3.8, 4) is 0 Å². The van der Waals surface area contributed by atoms with Gasteiger partial charge in [-0.3, -0.25) is 4.79 Å². The van der Waals surface area contributed by atoms with Crippen LogP contribution in [0.1, 0.15) is 52.0 Å². The van der Waals surface area contributed by atoms with Crippen molar-refractivity contribution in [2.75, 3.05) is 12.3 Å². The fraction of sp³-hybridized carbons (Fsp3) is 0.588. The van der Waals surface area contributed by atoms with Crippen molar-refractivity contribution in [3.05, 3.63) is 29.8 Å². The van der Waals surface area contributed by atoms with Crippen LogP contribution in [0.2, 0.25) is 0 Å². The van der Waals surface area contributed by atoms with Crippen molar-refractivity contribution >= 4 is 11.6 Å². The number of carbonyl (C=O) groups is 1. The number of anilines is 1. The summed E-state index contributed by atoms with van der Waals surface area (Å²) in [7, 11) is 0. The van der Waals surface area contributed by atoms with Crippen LogP contribution >= 0.6 is 0 Å². The zero-order valence-corrected chi connectivity index (χ0v) is 12.8. The Labute approximate surface area is 121 Å². The van der Waals surface area contributed by atoms with Crippen molar-refractivity contribution in [2.24, 2.45) is 5.41 Å². The molecule has 2 rings (SSSR count). The molecule has 20 heavy (non-hydrogen) atoms. The lowest BCUT2D eigenvalue weighted by Gasteiger charge is -2.26. The molecule has 0 unspecified atom stereocenters. The topological polar surface area (TPSA) is 55.1 Å². The monoisotopic (exact) mass is 274 g/mol. The maximum atomic E-state index is 12.5. The molecular formula is C17H26N2O. The molecule has 0 heterocycles. The molecule has 3 nitrogen and oxygen atoms in total. The van der Waals surface area contributed by atoms with E-state index in [1.165, 1.54) is 25.7 Å². The van der Waals surface area contributed by atoms with Gasteiger partial charge in [-0.05, 0) is 56.2 Å². The Morgan fingerprint density at radius 2 is 1.90 bits per heavy atom. The second kappa shape index (κ2) is 5.47. The molecule has 1 fully saturated rings. The second-order valence-electron chi connectivity index (χ2n) is 6.68. The fourth-order valence-corrected chi connectivity index (χ4v) is 2.74. The fourth-order valence-electron chi connectivity index (χ4n) is 2.74. The Bertz CT molecular complexity index is 472. The molecule has 1 aliphatic rings. The number of carbonyl (C=O) groups excluding carboxylic acids is 1. The van der Waals surface area contributed by atoms with Gasteiger partial charge in [0.05, 0.1) is 5.41 Å². The molecule has 1 aromatic rings. The highest BCUT2D eigenvalue weighted by Gasteiger charge is 2.42. The van der Waals surface area contributed by atoms with Crippen molar-refractivity contribution in [3.63, 3.8) is 0 Å². The SMILES string of the molecule is CCCC1(CNC(=O)C(C)(C)c2ccc(N)cc2)CC1. The lowest BCUT2D eigenvalue weighted by molar-refractivity contribution is -0.125. The molecule has 1 aromatic carbocycles. The predicted octanol–water partition coefficient (Wildman–Crippen LogP) is 3.24. The lowest BCUT2D eigenvalue weighted by atomic mass is 9.83. The highest BCUT2D eigenvalue weighted by atomic mass is 16.2. The minimum Gasteiger partial charge on any atom is -0.399 e. The first kappa shape index (κ1) is 14.9. The van der Waals surface area contributed by atoms with E-state index in [-0.39, 0.29) is 5.91 Å². The first-order valence-electron chi connectivity index (χ1n) is 7.54. The van der Waals surface area contributed by atoms with Gasteiger partial charge in [0.2, 0.25) is 5.91 Å². The smallest absolute Gasteiger partial charge is 0.230 e. The zero-order valence-electron chi connectivity index (χ0n) is 12.8. The van der Waals surface area contributed by atoms with Crippen LogP contribution < -0.4 is 11.1 Å². The van der Waals surface area contributed by atoms with Crippen LogP contribution in [0.4, 0.5) is 5.69 Å². The highest BCUT2D eigenvalue weighted by molar-refractivity contribution is 5.87. The van der Waals surface area contributed by atoms with Gasteiger partial charge in [-0.25, -0.2) is 0 Å². The summed E-state index contributed by atoms with van der Waals surface area (Å²) in [5, 5.41) is 3.15. The van der Waals surface area contributed by atoms with E-state index < -0.39 is 5.41 Å². The van der Waals surface area contributed by atoms with Gasteiger partial charge in [0.1, 0.15) is 0 Å². The van der Waals surface area contributed by atoms with Gasteiger partial charge < -0.3 is 11.1 Å². The van der Waals surface area contributed by atoms with E-state index in [9.17, 15) is 4.79 Å². The second-order valence-corrected chi connectivity index (χ2v) is 6.68. The van der Waals surface area contributed by atoms with Crippen LogP contribution in [0, 0.1) is 5.41 Å². The largest absolute Gasteiger partial charge is 0.399 e. The standard InChI is InChI=1S/C17H26N2O/c1-4-9-17(10-11-17)12-19-15(20)16(2,3)13-5-7-14(18)8-6-13/h5-8H,4,9-12,18H2,1-3H3,(H,19,20). The van der Waals surface area contributed by atoms with Gasteiger partial charge in [0.15, 0.2) is 0 Å². The van der Waals surface area contributed by atoms with Crippen LogP contribution in [0.5, 0.6) is 0 Å². The first-order chi connectivity index (χ1) is 9.39. The Hall–Kier alpha value is -1.51. The minimum atomic E-state index is -0.518. The number of hydrogen-bond donors (Lipinski definition) is 2. The zero-order chi connectivity index (χ0) is 14.8. The number of nitrogen functional groups attached to an aromatic ring is 1. The Balaban J connectivity index is 1.98. The Morgan fingerprint density at radius 3 is 2.40 bits per heavy atom. The molecule has 0 aromatic heterocycles. The van der Waals surface area contributed by atoms with E-state index >= 15 is 0 Å². The number of rotatable bonds is 6. The molecule has 0 spiro atoms. The molecule has 1 saturated carbocycles. The number of nitrogens with two attached hydrogens (primary N) is 1. The first-order valence-corrected chi connectivity index (χ1v) is 7.54. The van der Waals surface area contributed by atoms with E-state index in [0.29, 0.717) is 5.41 Å². The predicted molar refractivity (Wildman–Crippen MR) is 83.5 cm³/mol. The number of benzene rings is 1. The van der Waals surface area contributed by atoms with Gasteiger partial charge >= 0.3 is 0 Å². The molecule has 1 amide bonds. The third-order valence-corrected chi connectivity index (χ3v) is 4.56. The van der Waals surface area contributed by atoms with Crippen LogP contribution in [-0.2, 0) is 10.2 Å². The molecule has 110 valence electrons. The summed E-state index contributed by atoms with van der Waals surface area (Å²) in [5.74, 6) is 0.102. The highest BCUT2D eigenvalue weighted by Crippen LogP contribution is 2.49. The van der Waals surface area contributed by atoms with Crippen molar-refractivity contribution in [2.45, 2.75) is 51.9 Å². The maximum absolute atomic E-state index is 12.5. The van der Waals surface area contributed by atoms with Gasteiger partial charge in [-0.15, -0.1) is 0 Å². The molecular weight excluding hydrogens is 248 g/mol. The van der Waals surface area contributed by atoms with Crippen LogP contribution in [0.15, 0.2) is 24.3 Å². The van der Waals surface area contributed by atoms with Gasteiger partial charge in [0.25, 0.3) is 0 Å². The van der Waals surface area contributed by atoms with E-state index in [1.54, 1.807) is 0 Å². The molecule has 3 heteroatoms. The quantitative estimate of drug-likeness (QED) is 0.782. The van der Waals surface area contributed by atoms with E-state index in [4.69, 9.17) is 5.73 Å². The lowest BCUT2D eigenvalue weighted by Crippen LogP contribution is -2.42. The molecule has 1 aliphatic carbocycles. The van der Waals surface area contributed by atoms with Crippen molar-refractivity contribution in [1.82, 2.24) is 5.32 Å². The van der Waals surface area contributed by atoms with Gasteiger partial charge in [0, 0.05) is 12.2 Å².